The molecule has 0 aromatic heterocycles. The summed E-state index contributed by atoms with van der Waals surface area (Å²) in [5.74, 6) is 0. The molecule has 3 rings (SSSR count). The Labute approximate surface area is 156 Å². The van der Waals surface area contributed by atoms with Gasteiger partial charge >= 0.3 is 0 Å². The second kappa shape index (κ2) is 8.71. The second-order valence-corrected chi connectivity index (χ2v) is 6.17. The van der Waals surface area contributed by atoms with E-state index in [0.29, 0.717) is 0 Å². The fraction of sp³-hybridized carbons (Fsp3) is 0.0800. The topological polar surface area (TPSA) is 12.0 Å². The average Bonchev–Trinajstić information content (AvgIpc) is 2.73. The van der Waals surface area contributed by atoms with Crippen LogP contribution in [0.15, 0.2) is 109 Å². The predicted molar refractivity (Wildman–Crippen MR) is 111 cm³/mol. The number of hydrogen-bond acceptors (Lipinski definition) is 1. The van der Waals surface area contributed by atoms with Crippen molar-refractivity contribution in [2.45, 2.75) is 13.0 Å². The van der Waals surface area contributed by atoms with Crippen molar-refractivity contribution >= 4 is 11.3 Å². The van der Waals surface area contributed by atoms with Gasteiger partial charge in [0.1, 0.15) is 0 Å². The van der Waals surface area contributed by atoms with E-state index in [1.165, 1.54) is 16.7 Å². The summed E-state index contributed by atoms with van der Waals surface area (Å²) in [6.07, 6.45) is 2.25. The molecule has 0 fully saturated rings. The maximum atomic E-state index is 3.88. The number of allylic oxidation sites excluding steroid dienone is 1. The zero-order valence-electron chi connectivity index (χ0n) is 15.0. The van der Waals surface area contributed by atoms with Gasteiger partial charge in [0.25, 0.3) is 0 Å². The van der Waals surface area contributed by atoms with E-state index in [2.05, 4.69) is 91.3 Å². The van der Waals surface area contributed by atoms with Gasteiger partial charge in [0.05, 0.1) is 11.7 Å². The Morgan fingerprint density at radius 3 is 1.85 bits per heavy atom. The van der Waals surface area contributed by atoms with Gasteiger partial charge in [0, 0.05) is 5.56 Å². The summed E-state index contributed by atoms with van der Waals surface area (Å²) >= 11 is 0. The fourth-order valence-corrected chi connectivity index (χ4v) is 2.93. The molecule has 1 nitrogen and oxygen atoms in total. The van der Waals surface area contributed by atoms with Crippen molar-refractivity contribution in [3.63, 3.8) is 0 Å². The third-order valence-electron chi connectivity index (χ3n) is 4.34. The number of rotatable bonds is 6. The van der Waals surface area contributed by atoms with Gasteiger partial charge in [-0.2, -0.15) is 0 Å². The van der Waals surface area contributed by atoms with Gasteiger partial charge in [0.15, 0.2) is 0 Å². The molecular weight excluding hydrogens is 314 g/mol. The summed E-state index contributed by atoms with van der Waals surface area (Å²) in [5.41, 5.74) is 8.68. The molecule has 0 saturated carbocycles. The SMILES string of the molecule is C=C=C(NC(/C=C(\C)c1ccccc1)c1ccccc1)c1ccccc1. The lowest BCUT2D eigenvalue weighted by Crippen LogP contribution is -2.18. The van der Waals surface area contributed by atoms with Crippen LogP contribution in [0.1, 0.15) is 29.7 Å². The molecule has 0 heterocycles. The van der Waals surface area contributed by atoms with Gasteiger partial charge in [-0.25, -0.2) is 0 Å². The molecule has 0 aliphatic rings. The highest BCUT2D eigenvalue weighted by molar-refractivity contribution is 5.67. The van der Waals surface area contributed by atoms with Crippen molar-refractivity contribution in [2.24, 2.45) is 0 Å². The minimum Gasteiger partial charge on any atom is -0.368 e. The van der Waals surface area contributed by atoms with Gasteiger partial charge in [-0.15, -0.1) is 5.73 Å². The molecular formula is C25H23N. The largest absolute Gasteiger partial charge is 0.368 e. The quantitative estimate of drug-likeness (QED) is 0.524. The number of nitrogens with one attached hydrogen (secondary N) is 1. The fourth-order valence-electron chi connectivity index (χ4n) is 2.93. The maximum Gasteiger partial charge on any atom is 0.0848 e. The Morgan fingerprint density at radius 2 is 1.31 bits per heavy atom. The third-order valence-corrected chi connectivity index (χ3v) is 4.34. The minimum absolute atomic E-state index is 0.0286. The molecule has 1 N–H and O–H groups in total. The first-order valence-electron chi connectivity index (χ1n) is 8.78. The van der Waals surface area contributed by atoms with E-state index in [9.17, 15) is 0 Å². The van der Waals surface area contributed by atoms with Crippen LogP contribution in [0.2, 0.25) is 0 Å². The van der Waals surface area contributed by atoms with E-state index < -0.39 is 0 Å². The molecule has 1 atom stereocenters. The van der Waals surface area contributed by atoms with Crippen molar-refractivity contribution in [3.8, 4) is 0 Å². The van der Waals surface area contributed by atoms with Crippen LogP contribution in [0.25, 0.3) is 11.3 Å². The first kappa shape index (κ1) is 17.5. The molecule has 1 heteroatoms. The minimum atomic E-state index is 0.0286. The maximum absolute atomic E-state index is 3.88. The lowest BCUT2D eigenvalue weighted by molar-refractivity contribution is 0.773. The monoisotopic (exact) mass is 337 g/mol. The average molecular weight is 337 g/mol. The number of benzene rings is 3. The van der Waals surface area contributed by atoms with Crippen LogP contribution >= 0.6 is 0 Å². The van der Waals surface area contributed by atoms with Crippen molar-refractivity contribution < 1.29 is 0 Å². The molecule has 0 aliphatic carbocycles. The summed E-state index contributed by atoms with van der Waals surface area (Å²) in [4.78, 5) is 0. The Kier molecular flexibility index (Phi) is 5.88. The molecule has 3 aromatic rings. The molecule has 0 aliphatic heterocycles. The van der Waals surface area contributed by atoms with E-state index in [4.69, 9.17) is 0 Å². The van der Waals surface area contributed by atoms with E-state index in [1.54, 1.807) is 0 Å². The van der Waals surface area contributed by atoms with Gasteiger partial charge in [0.2, 0.25) is 0 Å². The van der Waals surface area contributed by atoms with Crippen LogP contribution in [0.5, 0.6) is 0 Å². The van der Waals surface area contributed by atoms with E-state index in [0.717, 1.165) is 11.3 Å². The van der Waals surface area contributed by atoms with E-state index >= 15 is 0 Å². The first-order valence-corrected chi connectivity index (χ1v) is 8.78. The van der Waals surface area contributed by atoms with Gasteiger partial charge in [-0.1, -0.05) is 104 Å². The van der Waals surface area contributed by atoms with Crippen LogP contribution < -0.4 is 5.32 Å². The standard InChI is InChI=1S/C25H23N/c1-3-24(22-15-9-5-10-16-22)26-25(23-17-11-6-12-18-23)19-20(2)21-13-7-4-8-14-21/h4-19,25-26H,1H2,2H3/b20-19+. The Bertz CT molecular complexity index is 902. The Morgan fingerprint density at radius 1 is 0.808 bits per heavy atom. The molecule has 0 saturated heterocycles. The zero-order chi connectivity index (χ0) is 18.2. The lowest BCUT2D eigenvalue weighted by atomic mass is 9.99. The normalized spacial score (nSPS) is 12.1. The summed E-state index contributed by atoms with van der Waals surface area (Å²) < 4.78 is 0. The summed E-state index contributed by atoms with van der Waals surface area (Å²) in [6, 6.07) is 31.1. The molecule has 0 radical (unpaired) electrons. The van der Waals surface area contributed by atoms with Crippen LogP contribution in [0.3, 0.4) is 0 Å². The van der Waals surface area contributed by atoms with Crippen molar-refractivity contribution in [1.82, 2.24) is 5.32 Å². The molecule has 0 bridgehead atoms. The molecule has 3 aromatic carbocycles. The zero-order valence-corrected chi connectivity index (χ0v) is 15.0. The van der Waals surface area contributed by atoms with Gasteiger partial charge in [-0.05, 0) is 23.6 Å². The summed E-state index contributed by atoms with van der Waals surface area (Å²) in [7, 11) is 0. The summed E-state index contributed by atoms with van der Waals surface area (Å²) in [5, 5.41) is 3.60. The van der Waals surface area contributed by atoms with Crippen LogP contribution in [-0.2, 0) is 0 Å². The smallest absolute Gasteiger partial charge is 0.0848 e. The first-order chi connectivity index (χ1) is 12.8. The highest BCUT2D eigenvalue weighted by Gasteiger charge is 2.12. The Hall–Kier alpha value is -3.28. The highest BCUT2D eigenvalue weighted by atomic mass is 14.9. The van der Waals surface area contributed by atoms with E-state index in [1.807, 2.05) is 30.3 Å². The van der Waals surface area contributed by atoms with Gasteiger partial charge in [-0.3, -0.25) is 0 Å². The summed E-state index contributed by atoms with van der Waals surface area (Å²) in [6.45, 7) is 6.02. The second-order valence-electron chi connectivity index (χ2n) is 6.17. The lowest BCUT2D eigenvalue weighted by Gasteiger charge is -2.20. The van der Waals surface area contributed by atoms with E-state index in [-0.39, 0.29) is 6.04 Å². The molecule has 26 heavy (non-hydrogen) atoms. The van der Waals surface area contributed by atoms with Gasteiger partial charge < -0.3 is 5.32 Å². The Balaban J connectivity index is 1.96. The molecule has 1 unspecified atom stereocenters. The van der Waals surface area contributed by atoms with Crippen LogP contribution in [0, 0.1) is 0 Å². The van der Waals surface area contributed by atoms with Crippen molar-refractivity contribution in [1.29, 1.82) is 0 Å². The predicted octanol–water partition coefficient (Wildman–Crippen LogP) is 6.25. The number of hydrogen-bond donors (Lipinski definition) is 1. The van der Waals surface area contributed by atoms with Crippen LogP contribution in [-0.4, -0.2) is 0 Å². The molecule has 0 spiro atoms. The van der Waals surface area contributed by atoms with Crippen molar-refractivity contribution in [2.75, 3.05) is 0 Å². The molecule has 0 amide bonds. The third kappa shape index (κ3) is 4.42. The van der Waals surface area contributed by atoms with Crippen molar-refractivity contribution in [3.05, 3.63) is 126 Å². The molecule has 128 valence electrons. The highest BCUT2D eigenvalue weighted by Crippen LogP contribution is 2.24. The van der Waals surface area contributed by atoms with Crippen LogP contribution in [0.4, 0.5) is 0 Å².